The van der Waals surface area contributed by atoms with Gasteiger partial charge in [0.25, 0.3) is 0 Å². The molecular weight excluding hydrogens is 503 g/mol. The number of sulfone groups is 1. The van der Waals surface area contributed by atoms with E-state index in [4.69, 9.17) is 4.74 Å². The molecule has 0 bridgehead atoms. The van der Waals surface area contributed by atoms with E-state index >= 15 is 0 Å². The fraction of sp³-hybridized carbons (Fsp3) is 0.650. The van der Waals surface area contributed by atoms with Crippen LogP contribution in [0.3, 0.4) is 0 Å². The van der Waals surface area contributed by atoms with E-state index < -0.39 is 14.6 Å². The Kier molecular flexibility index (Phi) is 10.7. The summed E-state index contributed by atoms with van der Waals surface area (Å²) in [7, 11) is -1.50. The van der Waals surface area contributed by atoms with Crippen molar-refractivity contribution in [2.75, 3.05) is 57.6 Å². The van der Waals surface area contributed by atoms with Gasteiger partial charge < -0.3 is 20.3 Å². The molecule has 2 rings (SSSR count). The van der Waals surface area contributed by atoms with Crippen molar-refractivity contribution in [1.29, 1.82) is 0 Å². The van der Waals surface area contributed by atoms with Crippen LogP contribution in [0.5, 0.6) is 0 Å². The molecule has 0 saturated carbocycles. The highest BCUT2D eigenvalue weighted by molar-refractivity contribution is 14.0. The summed E-state index contributed by atoms with van der Waals surface area (Å²) in [5, 5.41) is 6.51. The zero-order chi connectivity index (χ0) is 20.6. The molecule has 0 radical (unpaired) electrons. The third kappa shape index (κ3) is 7.29. The predicted octanol–water partition coefficient (Wildman–Crippen LogP) is 2.20. The number of benzene rings is 1. The highest BCUT2D eigenvalue weighted by atomic mass is 127. The number of halogens is 1. The summed E-state index contributed by atoms with van der Waals surface area (Å²) in [5.41, 5.74) is 2.44. The van der Waals surface area contributed by atoms with Crippen molar-refractivity contribution in [3.63, 3.8) is 0 Å². The second kappa shape index (κ2) is 11.9. The van der Waals surface area contributed by atoms with Gasteiger partial charge in [-0.1, -0.05) is 12.1 Å². The van der Waals surface area contributed by atoms with E-state index in [2.05, 4.69) is 58.6 Å². The molecule has 0 aliphatic carbocycles. The molecule has 1 aliphatic heterocycles. The summed E-state index contributed by atoms with van der Waals surface area (Å²) in [4.78, 5) is 6.54. The van der Waals surface area contributed by atoms with Gasteiger partial charge in [-0.05, 0) is 44.4 Å². The van der Waals surface area contributed by atoms with E-state index in [1.807, 2.05) is 0 Å². The number of aliphatic imine (C=N–C) groups is 1. The van der Waals surface area contributed by atoms with Gasteiger partial charge >= 0.3 is 0 Å². The quantitative estimate of drug-likeness (QED) is 0.300. The highest BCUT2D eigenvalue weighted by Crippen LogP contribution is 2.28. The van der Waals surface area contributed by atoms with Crippen LogP contribution in [0.25, 0.3) is 0 Å². The van der Waals surface area contributed by atoms with E-state index in [9.17, 15) is 8.42 Å². The van der Waals surface area contributed by atoms with Gasteiger partial charge in [-0.2, -0.15) is 0 Å². The fourth-order valence-electron chi connectivity index (χ4n) is 3.49. The highest BCUT2D eigenvalue weighted by Gasteiger charge is 2.42. The van der Waals surface area contributed by atoms with Gasteiger partial charge in [-0.15, -0.1) is 24.0 Å². The minimum absolute atomic E-state index is 0. The Bertz CT molecular complexity index is 765. The van der Waals surface area contributed by atoms with Gasteiger partial charge in [-0.25, -0.2) is 8.42 Å². The predicted molar refractivity (Wildman–Crippen MR) is 131 cm³/mol. The van der Waals surface area contributed by atoms with Crippen LogP contribution in [0.1, 0.15) is 25.3 Å². The molecule has 0 aromatic heterocycles. The average molecular weight is 538 g/mol. The average Bonchev–Trinajstić information content (AvgIpc) is 2.67. The topological polar surface area (TPSA) is 83.0 Å². The minimum atomic E-state index is -3.20. The third-order valence-electron chi connectivity index (χ3n) is 5.41. The zero-order valence-corrected chi connectivity index (χ0v) is 21.0. The first-order chi connectivity index (χ1) is 13.3. The normalized spacial score (nSPS) is 16.6. The summed E-state index contributed by atoms with van der Waals surface area (Å²) in [6.07, 6.45) is 2.33. The fourth-order valence-corrected chi connectivity index (χ4v) is 4.73. The lowest BCUT2D eigenvalue weighted by atomic mass is 9.99. The summed E-state index contributed by atoms with van der Waals surface area (Å²) >= 11 is 0. The van der Waals surface area contributed by atoms with Gasteiger partial charge in [-0.3, -0.25) is 4.99 Å². The standard InChI is InChI=1S/C20H34N4O3S.HI/c1-5-24(18-8-6-7-17(2)15-18)12-11-22-19(21-3)23-16-20(28(4,25)26)9-13-27-14-10-20;/h6-8,15H,5,9-14,16H2,1-4H3,(H2,21,22,23);1H. The van der Waals surface area contributed by atoms with E-state index in [1.165, 1.54) is 17.5 Å². The van der Waals surface area contributed by atoms with Gasteiger partial charge in [0.15, 0.2) is 15.8 Å². The smallest absolute Gasteiger partial charge is 0.191 e. The number of hydrogen-bond donors (Lipinski definition) is 2. The minimum Gasteiger partial charge on any atom is -0.381 e. The Hall–Kier alpha value is -1.07. The lowest BCUT2D eigenvalue weighted by Crippen LogP contribution is -2.54. The molecule has 9 heteroatoms. The first-order valence-electron chi connectivity index (χ1n) is 9.85. The van der Waals surface area contributed by atoms with Crippen LogP contribution in [0.15, 0.2) is 29.3 Å². The lowest BCUT2D eigenvalue weighted by Gasteiger charge is -2.35. The van der Waals surface area contributed by atoms with Gasteiger partial charge in [0.2, 0.25) is 0 Å². The molecule has 1 fully saturated rings. The Morgan fingerprint density at radius 2 is 1.97 bits per heavy atom. The number of likely N-dealkylation sites (N-methyl/N-ethyl adjacent to an activating group) is 1. The monoisotopic (exact) mass is 538 g/mol. The molecule has 1 aliphatic rings. The van der Waals surface area contributed by atoms with Gasteiger partial charge in [0.1, 0.15) is 0 Å². The van der Waals surface area contributed by atoms with Crippen LogP contribution in [-0.2, 0) is 14.6 Å². The Morgan fingerprint density at radius 3 is 2.52 bits per heavy atom. The number of nitrogens with zero attached hydrogens (tertiary/aromatic N) is 2. The second-order valence-electron chi connectivity index (χ2n) is 7.34. The number of aryl methyl sites for hydroxylation is 1. The van der Waals surface area contributed by atoms with Crippen LogP contribution in [0.4, 0.5) is 5.69 Å². The molecule has 2 N–H and O–H groups in total. The van der Waals surface area contributed by atoms with Crippen molar-refractivity contribution in [1.82, 2.24) is 10.6 Å². The van der Waals surface area contributed by atoms with E-state index in [-0.39, 0.29) is 24.0 Å². The Morgan fingerprint density at radius 1 is 1.28 bits per heavy atom. The molecule has 0 amide bonds. The number of nitrogens with one attached hydrogen (secondary N) is 2. The Balaban J connectivity index is 0.00000420. The van der Waals surface area contributed by atoms with Crippen LogP contribution in [0.2, 0.25) is 0 Å². The number of rotatable bonds is 8. The molecule has 0 unspecified atom stereocenters. The van der Waals surface area contributed by atoms with Crippen molar-refractivity contribution < 1.29 is 13.2 Å². The van der Waals surface area contributed by atoms with Crippen molar-refractivity contribution in [2.45, 2.75) is 31.4 Å². The second-order valence-corrected chi connectivity index (χ2v) is 9.75. The molecule has 29 heavy (non-hydrogen) atoms. The summed E-state index contributed by atoms with van der Waals surface area (Å²) in [6, 6.07) is 8.46. The van der Waals surface area contributed by atoms with Crippen LogP contribution in [-0.4, -0.2) is 71.8 Å². The van der Waals surface area contributed by atoms with Crippen molar-refractivity contribution in [3.05, 3.63) is 29.8 Å². The van der Waals surface area contributed by atoms with Crippen LogP contribution >= 0.6 is 24.0 Å². The van der Waals surface area contributed by atoms with Crippen LogP contribution < -0.4 is 15.5 Å². The molecule has 1 heterocycles. The summed E-state index contributed by atoms with van der Waals surface area (Å²) in [6.45, 7) is 7.96. The molecule has 0 spiro atoms. The van der Waals surface area contributed by atoms with Gasteiger partial charge in [0, 0.05) is 58.4 Å². The van der Waals surface area contributed by atoms with Crippen molar-refractivity contribution in [2.24, 2.45) is 4.99 Å². The summed E-state index contributed by atoms with van der Waals surface area (Å²) < 4.78 is 29.3. The van der Waals surface area contributed by atoms with E-state index in [1.54, 1.807) is 7.05 Å². The number of guanidine groups is 1. The zero-order valence-electron chi connectivity index (χ0n) is 17.9. The maximum Gasteiger partial charge on any atom is 0.191 e. The van der Waals surface area contributed by atoms with Crippen LogP contribution in [0, 0.1) is 6.92 Å². The first kappa shape index (κ1) is 26.0. The molecule has 7 nitrogen and oxygen atoms in total. The molecule has 1 saturated heterocycles. The maximum absolute atomic E-state index is 12.4. The molecule has 1 aromatic rings. The maximum atomic E-state index is 12.4. The Labute approximate surface area is 192 Å². The number of ether oxygens (including phenoxy) is 1. The van der Waals surface area contributed by atoms with Gasteiger partial charge in [0.05, 0.1) is 4.75 Å². The molecule has 166 valence electrons. The van der Waals surface area contributed by atoms with E-state index in [0.29, 0.717) is 45.1 Å². The lowest BCUT2D eigenvalue weighted by molar-refractivity contribution is 0.0756. The third-order valence-corrected chi connectivity index (χ3v) is 7.54. The number of hydrogen-bond acceptors (Lipinski definition) is 5. The van der Waals surface area contributed by atoms with E-state index in [0.717, 1.165) is 13.1 Å². The molecular formula is C20H35IN4O3S. The molecule has 0 atom stereocenters. The first-order valence-corrected chi connectivity index (χ1v) is 11.7. The largest absolute Gasteiger partial charge is 0.381 e. The SMILES string of the molecule is CCN(CCNC(=NC)NCC1(S(C)(=O)=O)CCOCC1)c1cccc(C)c1.I. The summed E-state index contributed by atoms with van der Waals surface area (Å²) in [5.74, 6) is 0.620. The van der Waals surface area contributed by atoms with Crippen molar-refractivity contribution >= 4 is 45.5 Å². The van der Waals surface area contributed by atoms with Crippen molar-refractivity contribution in [3.8, 4) is 0 Å². The molecule has 1 aromatic carbocycles. The number of anilines is 1.